The second-order valence-electron chi connectivity index (χ2n) is 4.83. The Hall–Kier alpha value is -2.36. The van der Waals surface area contributed by atoms with Crippen LogP contribution in [0.15, 0.2) is 42.5 Å². The molecule has 0 spiro atoms. The minimum absolute atomic E-state index is 0.150. The van der Waals surface area contributed by atoms with Gasteiger partial charge < -0.3 is 5.32 Å². The van der Waals surface area contributed by atoms with Crippen molar-refractivity contribution in [2.75, 3.05) is 0 Å². The number of imidazole rings is 1. The second-order valence-corrected chi connectivity index (χ2v) is 4.83. The lowest BCUT2D eigenvalue weighted by Crippen LogP contribution is -2.24. The molecule has 1 aromatic carbocycles. The zero-order valence-electron chi connectivity index (χ0n) is 12.1. The number of carbonyl (C=O) groups is 1. The fourth-order valence-corrected chi connectivity index (χ4v) is 2.03. The third kappa shape index (κ3) is 2.79. The van der Waals surface area contributed by atoms with Gasteiger partial charge in [-0.15, -0.1) is 0 Å². The van der Waals surface area contributed by atoms with Crippen molar-refractivity contribution >= 4 is 5.91 Å². The fraction of sp³-hybridized carbons (Fsp3) is 0.250. The predicted molar refractivity (Wildman–Crippen MR) is 79.7 cm³/mol. The van der Waals surface area contributed by atoms with Gasteiger partial charge in [-0.2, -0.15) is 0 Å². The summed E-state index contributed by atoms with van der Waals surface area (Å²) >= 11 is 0. The van der Waals surface area contributed by atoms with Crippen molar-refractivity contribution in [2.45, 2.75) is 27.3 Å². The molecule has 4 nitrogen and oxygen atoms in total. The molecule has 4 heteroatoms. The summed E-state index contributed by atoms with van der Waals surface area (Å²) in [5.41, 5.74) is 3.59. The van der Waals surface area contributed by atoms with Crippen LogP contribution in [-0.2, 0) is 11.3 Å². The first-order chi connectivity index (χ1) is 9.50. The molecule has 1 amide bonds. The van der Waals surface area contributed by atoms with Crippen LogP contribution in [0.3, 0.4) is 0 Å². The standard InChI is InChI=1S/C16H19N3O/c1-11(2)16(20)17-10-15-18-12(3)13(4)19(15)14-8-6-5-7-9-14/h5-9H,1,10H2,2-4H3,(H,17,20). The first-order valence-corrected chi connectivity index (χ1v) is 6.54. The third-order valence-electron chi connectivity index (χ3n) is 3.22. The zero-order chi connectivity index (χ0) is 14.7. The number of benzene rings is 1. The quantitative estimate of drug-likeness (QED) is 0.867. The number of para-hydroxylation sites is 1. The highest BCUT2D eigenvalue weighted by Gasteiger charge is 2.13. The van der Waals surface area contributed by atoms with Gasteiger partial charge in [0.2, 0.25) is 5.91 Å². The summed E-state index contributed by atoms with van der Waals surface area (Å²) in [6.07, 6.45) is 0. The molecule has 0 saturated heterocycles. The Morgan fingerprint density at radius 3 is 2.55 bits per heavy atom. The topological polar surface area (TPSA) is 46.9 Å². The average molecular weight is 269 g/mol. The Labute approximate surface area is 119 Å². The third-order valence-corrected chi connectivity index (χ3v) is 3.22. The number of hydrogen-bond acceptors (Lipinski definition) is 2. The van der Waals surface area contributed by atoms with E-state index in [1.54, 1.807) is 6.92 Å². The summed E-state index contributed by atoms with van der Waals surface area (Å²) in [5, 5.41) is 2.83. The van der Waals surface area contributed by atoms with Crippen LogP contribution in [0.5, 0.6) is 0 Å². The predicted octanol–water partition coefficient (Wildman–Crippen LogP) is 2.68. The molecular weight excluding hydrogens is 250 g/mol. The Morgan fingerprint density at radius 2 is 1.95 bits per heavy atom. The van der Waals surface area contributed by atoms with Crippen molar-refractivity contribution in [1.29, 1.82) is 0 Å². The first kappa shape index (κ1) is 14.1. The summed E-state index contributed by atoms with van der Waals surface area (Å²) in [7, 11) is 0. The highest BCUT2D eigenvalue weighted by atomic mass is 16.1. The Bertz CT molecular complexity index is 641. The lowest BCUT2D eigenvalue weighted by molar-refractivity contribution is -0.117. The first-order valence-electron chi connectivity index (χ1n) is 6.54. The van der Waals surface area contributed by atoms with Crippen molar-refractivity contribution in [1.82, 2.24) is 14.9 Å². The van der Waals surface area contributed by atoms with E-state index in [9.17, 15) is 4.79 Å². The molecule has 0 fully saturated rings. The largest absolute Gasteiger partial charge is 0.345 e. The number of aromatic nitrogens is 2. The minimum atomic E-state index is -0.150. The van der Waals surface area contributed by atoms with E-state index in [1.165, 1.54) is 0 Å². The molecule has 2 aromatic rings. The van der Waals surface area contributed by atoms with Crippen molar-refractivity contribution < 1.29 is 4.79 Å². The molecule has 0 aliphatic rings. The number of aryl methyl sites for hydroxylation is 1. The van der Waals surface area contributed by atoms with Gasteiger partial charge in [0.1, 0.15) is 5.82 Å². The maximum atomic E-state index is 11.6. The molecule has 104 valence electrons. The molecule has 0 saturated carbocycles. The lowest BCUT2D eigenvalue weighted by Gasteiger charge is -2.11. The molecule has 0 radical (unpaired) electrons. The number of rotatable bonds is 4. The van der Waals surface area contributed by atoms with Crippen LogP contribution in [-0.4, -0.2) is 15.5 Å². The number of nitrogens with zero attached hydrogens (tertiary/aromatic N) is 2. The molecule has 0 unspecified atom stereocenters. The molecule has 2 rings (SSSR count). The summed E-state index contributed by atoms with van der Waals surface area (Å²) in [4.78, 5) is 16.1. The van der Waals surface area contributed by atoms with Gasteiger partial charge in [-0.25, -0.2) is 4.98 Å². The Morgan fingerprint density at radius 1 is 1.30 bits per heavy atom. The second kappa shape index (κ2) is 5.74. The molecule has 1 aromatic heterocycles. The number of nitrogens with one attached hydrogen (secondary N) is 1. The Balaban J connectivity index is 2.33. The van der Waals surface area contributed by atoms with Gasteiger partial charge in [0.15, 0.2) is 0 Å². The van der Waals surface area contributed by atoms with E-state index in [2.05, 4.69) is 21.4 Å². The zero-order valence-corrected chi connectivity index (χ0v) is 12.1. The van der Waals surface area contributed by atoms with Crippen LogP contribution in [0.2, 0.25) is 0 Å². The van der Waals surface area contributed by atoms with Crippen molar-refractivity contribution in [3.63, 3.8) is 0 Å². The molecule has 0 bridgehead atoms. The number of amides is 1. The number of hydrogen-bond donors (Lipinski definition) is 1. The lowest BCUT2D eigenvalue weighted by atomic mass is 10.3. The van der Waals surface area contributed by atoms with Gasteiger partial charge in [0.05, 0.1) is 12.2 Å². The van der Waals surface area contributed by atoms with Crippen LogP contribution in [0.4, 0.5) is 0 Å². The van der Waals surface area contributed by atoms with E-state index >= 15 is 0 Å². The van der Waals surface area contributed by atoms with Gasteiger partial charge in [-0.1, -0.05) is 24.8 Å². The smallest absolute Gasteiger partial charge is 0.246 e. The summed E-state index contributed by atoms with van der Waals surface area (Å²) < 4.78 is 2.06. The van der Waals surface area contributed by atoms with Crippen LogP contribution >= 0.6 is 0 Å². The molecule has 0 aliphatic carbocycles. The average Bonchev–Trinajstić information content (AvgIpc) is 2.72. The fourth-order valence-electron chi connectivity index (χ4n) is 2.03. The van der Waals surface area contributed by atoms with Crippen molar-refractivity contribution in [3.05, 3.63) is 59.7 Å². The van der Waals surface area contributed by atoms with Crippen LogP contribution < -0.4 is 5.32 Å². The molecule has 1 N–H and O–H groups in total. The van der Waals surface area contributed by atoms with E-state index < -0.39 is 0 Å². The van der Waals surface area contributed by atoms with Gasteiger partial charge in [0, 0.05) is 17.0 Å². The van der Waals surface area contributed by atoms with Gasteiger partial charge in [-0.3, -0.25) is 9.36 Å². The van der Waals surface area contributed by atoms with Crippen molar-refractivity contribution in [3.8, 4) is 5.69 Å². The molecule has 0 atom stereocenters. The SMILES string of the molecule is C=C(C)C(=O)NCc1nc(C)c(C)n1-c1ccccc1. The highest BCUT2D eigenvalue weighted by molar-refractivity contribution is 5.91. The maximum absolute atomic E-state index is 11.6. The van der Waals surface area contributed by atoms with Gasteiger partial charge >= 0.3 is 0 Å². The van der Waals surface area contributed by atoms with Crippen molar-refractivity contribution in [2.24, 2.45) is 0 Å². The van der Waals surface area contributed by atoms with E-state index in [1.807, 2.05) is 44.2 Å². The van der Waals surface area contributed by atoms with Crippen LogP contribution in [0.25, 0.3) is 5.69 Å². The number of carbonyl (C=O) groups excluding carboxylic acids is 1. The maximum Gasteiger partial charge on any atom is 0.246 e. The highest BCUT2D eigenvalue weighted by Crippen LogP contribution is 2.17. The summed E-state index contributed by atoms with van der Waals surface area (Å²) in [6.45, 7) is 9.70. The normalized spacial score (nSPS) is 10.3. The summed E-state index contributed by atoms with van der Waals surface area (Å²) in [5.74, 6) is 0.670. The van der Waals surface area contributed by atoms with E-state index in [-0.39, 0.29) is 5.91 Å². The van der Waals surface area contributed by atoms with E-state index in [0.717, 1.165) is 22.9 Å². The van der Waals surface area contributed by atoms with Crippen LogP contribution in [0.1, 0.15) is 24.1 Å². The molecule has 20 heavy (non-hydrogen) atoms. The van der Waals surface area contributed by atoms with E-state index in [4.69, 9.17) is 0 Å². The summed E-state index contributed by atoms with van der Waals surface area (Å²) in [6, 6.07) is 10.0. The van der Waals surface area contributed by atoms with Gasteiger partial charge in [0.25, 0.3) is 0 Å². The Kier molecular flexibility index (Phi) is 4.03. The molecule has 1 heterocycles. The molecular formula is C16H19N3O. The van der Waals surface area contributed by atoms with Crippen LogP contribution in [0, 0.1) is 13.8 Å². The van der Waals surface area contributed by atoms with Gasteiger partial charge in [-0.05, 0) is 32.9 Å². The van der Waals surface area contributed by atoms with E-state index in [0.29, 0.717) is 12.1 Å². The molecule has 0 aliphatic heterocycles. The minimum Gasteiger partial charge on any atom is -0.345 e. The monoisotopic (exact) mass is 269 g/mol.